The van der Waals surface area contributed by atoms with E-state index in [2.05, 4.69) is 20.6 Å². The Morgan fingerprint density at radius 2 is 1.42 bits per heavy atom. The third kappa shape index (κ3) is 4.71. The number of hydrogen-bond acceptors (Lipinski definition) is 4. The molecule has 0 bridgehead atoms. The van der Waals surface area contributed by atoms with Gasteiger partial charge in [-0.1, -0.05) is 23.2 Å². The van der Waals surface area contributed by atoms with Gasteiger partial charge in [0.1, 0.15) is 0 Å². The summed E-state index contributed by atoms with van der Waals surface area (Å²) in [6.07, 6.45) is 0. The molecule has 0 radical (unpaired) electrons. The summed E-state index contributed by atoms with van der Waals surface area (Å²) in [5.41, 5.74) is 3.61. The number of nitrogens with one attached hydrogen (secondary N) is 2. The summed E-state index contributed by atoms with van der Waals surface area (Å²) in [7, 11) is 0. The zero-order valence-electron chi connectivity index (χ0n) is 14.2. The third-order valence-electron chi connectivity index (χ3n) is 3.51. The molecule has 2 aromatic carbocycles. The van der Waals surface area contributed by atoms with Gasteiger partial charge in [0.2, 0.25) is 5.95 Å². The molecule has 2 N–H and O–H groups in total. The van der Waals surface area contributed by atoms with Gasteiger partial charge in [-0.3, -0.25) is 4.79 Å². The van der Waals surface area contributed by atoms with Crippen LogP contribution in [-0.4, -0.2) is 15.9 Å². The standard InChI is InChI=1S/C19H16Cl2N4O/c1-11-7-12(2)23-19(22-11)25-16-5-3-13(4-6-16)18(26)24-17-9-14(20)8-15(21)10-17/h3-10H,1-2H3,(H,24,26)(H,22,23,25). The second kappa shape index (κ2) is 7.72. The number of aryl methyl sites for hydroxylation is 2. The number of rotatable bonds is 4. The van der Waals surface area contributed by atoms with Gasteiger partial charge < -0.3 is 10.6 Å². The number of hydrogen-bond donors (Lipinski definition) is 2. The minimum Gasteiger partial charge on any atom is -0.324 e. The molecule has 0 unspecified atom stereocenters. The maximum Gasteiger partial charge on any atom is 0.255 e. The van der Waals surface area contributed by atoms with Crippen molar-refractivity contribution < 1.29 is 4.79 Å². The molecular weight excluding hydrogens is 371 g/mol. The SMILES string of the molecule is Cc1cc(C)nc(Nc2ccc(C(=O)Nc3cc(Cl)cc(Cl)c3)cc2)n1. The number of nitrogens with zero attached hydrogens (tertiary/aromatic N) is 2. The lowest BCUT2D eigenvalue weighted by atomic mass is 10.2. The summed E-state index contributed by atoms with van der Waals surface area (Å²) in [4.78, 5) is 21.0. The summed E-state index contributed by atoms with van der Waals surface area (Å²) in [6.45, 7) is 3.82. The molecule has 5 nitrogen and oxygen atoms in total. The van der Waals surface area contributed by atoms with Gasteiger partial charge >= 0.3 is 0 Å². The van der Waals surface area contributed by atoms with Crippen molar-refractivity contribution in [2.45, 2.75) is 13.8 Å². The van der Waals surface area contributed by atoms with Gasteiger partial charge in [0.15, 0.2) is 0 Å². The molecule has 3 aromatic rings. The van der Waals surface area contributed by atoms with Gasteiger partial charge in [-0.05, 0) is 62.4 Å². The molecule has 0 spiro atoms. The fourth-order valence-corrected chi connectivity index (χ4v) is 2.97. The number of carbonyl (C=O) groups excluding carboxylic acids is 1. The smallest absolute Gasteiger partial charge is 0.255 e. The molecule has 1 amide bonds. The second-order valence-corrected chi connectivity index (χ2v) is 6.66. The highest BCUT2D eigenvalue weighted by Gasteiger charge is 2.08. The summed E-state index contributed by atoms with van der Waals surface area (Å²) in [5.74, 6) is 0.269. The largest absolute Gasteiger partial charge is 0.324 e. The van der Waals surface area contributed by atoms with Crippen LogP contribution in [0.1, 0.15) is 21.7 Å². The van der Waals surface area contributed by atoms with Crippen LogP contribution in [0.2, 0.25) is 10.0 Å². The Morgan fingerprint density at radius 3 is 2.00 bits per heavy atom. The number of halogens is 2. The maximum absolute atomic E-state index is 12.4. The van der Waals surface area contributed by atoms with E-state index in [0.717, 1.165) is 17.1 Å². The molecule has 3 rings (SSSR count). The van der Waals surface area contributed by atoms with E-state index in [-0.39, 0.29) is 5.91 Å². The van der Waals surface area contributed by atoms with Gasteiger partial charge in [0, 0.05) is 38.4 Å². The van der Waals surface area contributed by atoms with Crippen LogP contribution >= 0.6 is 23.2 Å². The molecule has 7 heteroatoms. The number of amides is 1. The highest BCUT2D eigenvalue weighted by Crippen LogP contribution is 2.23. The monoisotopic (exact) mass is 386 g/mol. The molecule has 1 heterocycles. The first-order valence-electron chi connectivity index (χ1n) is 7.86. The zero-order chi connectivity index (χ0) is 18.7. The molecule has 0 saturated carbocycles. The van der Waals surface area contributed by atoms with Crippen LogP contribution in [0.4, 0.5) is 17.3 Å². The van der Waals surface area contributed by atoms with Crippen LogP contribution in [0, 0.1) is 13.8 Å². The van der Waals surface area contributed by atoms with Gasteiger partial charge in [-0.2, -0.15) is 0 Å². The lowest BCUT2D eigenvalue weighted by Crippen LogP contribution is -2.11. The van der Waals surface area contributed by atoms with Crippen molar-refractivity contribution in [3.8, 4) is 0 Å². The van der Waals surface area contributed by atoms with Crippen LogP contribution in [-0.2, 0) is 0 Å². The predicted octanol–water partition coefficient (Wildman–Crippen LogP) is 5.40. The first kappa shape index (κ1) is 18.2. The molecule has 0 aliphatic heterocycles. The Labute approximate surface area is 161 Å². The Kier molecular flexibility index (Phi) is 5.40. The molecule has 0 aliphatic rings. The zero-order valence-corrected chi connectivity index (χ0v) is 15.7. The van der Waals surface area contributed by atoms with Gasteiger partial charge in [0.25, 0.3) is 5.91 Å². The van der Waals surface area contributed by atoms with E-state index in [0.29, 0.717) is 27.2 Å². The second-order valence-electron chi connectivity index (χ2n) is 5.79. The van der Waals surface area contributed by atoms with Crippen LogP contribution in [0.3, 0.4) is 0 Å². The van der Waals surface area contributed by atoms with Crippen LogP contribution in [0.5, 0.6) is 0 Å². The van der Waals surface area contributed by atoms with E-state index in [1.807, 2.05) is 19.9 Å². The van der Waals surface area contributed by atoms with Gasteiger partial charge in [-0.15, -0.1) is 0 Å². The van der Waals surface area contributed by atoms with Crippen molar-refractivity contribution in [3.63, 3.8) is 0 Å². The number of carbonyl (C=O) groups is 1. The van der Waals surface area contributed by atoms with Gasteiger partial charge in [-0.25, -0.2) is 9.97 Å². The molecule has 132 valence electrons. The van der Waals surface area contributed by atoms with Crippen LogP contribution in [0.15, 0.2) is 48.5 Å². The third-order valence-corrected chi connectivity index (χ3v) is 3.94. The van der Waals surface area contributed by atoms with E-state index in [4.69, 9.17) is 23.2 Å². The number of benzene rings is 2. The minimum absolute atomic E-state index is 0.252. The molecular formula is C19H16Cl2N4O. The van der Waals surface area contributed by atoms with E-state index in [1.165, 1.54) is 0 Å². The van der Waals surface area contributed by atoms with Crippen LogP contribution < -0.4 is 10.6 Å². The van der Waals surface area contributed by atoms with Crippen LogP contribution in [0.25, 0.3) is 0 Å². The van der Waals surface area contributed by atoms with Crippen molar-refractivity contribution in [1.29, 1.82) is 0 Å². The van der Waals surface area contributed by atoms with E-state index >= 15 is 0 Å². The van der Waals surface area contributed by atoms with Crippen molar-refractivity contribution in [1.82, 2.24) is 9.97 Å². The van der Waals surface area contributed by atoms with E-state index in [1.54, 1.807) is 42.5 Å². The number of aromatic nitrogens is 2. The normalized spacial score (nSPS) is 10.5. The Morgan fingerprint density at radius 1 is 0.846 bits per heavy atom. The first-order chi connectivity index (χ1) is 12.4. The fraction of sp³-hybridized carbons (Fsp3) is 0.105. The lowest BCUT2D eigenvalue weighted by molar-refractivity contribution is 0.102. The molecule has 26 heavy (non-hydrogen) atoms. The average molecular weight is 387 g/mol. The Balaban J connectivity index is 1.71. The predicted molar refractivity (Wildman–Crippen MR) is 106 cm³/mol. The summed E-state index contributed by atoms with van der Waals surface area (Å²) in [5, 5.41) is 6.82. The molecule has 0 atom stereocenters. The maximum atomic E-state index is 12.4. The Bertz CT molecular complexity index is 918. The highest BCUT2D eigenvalue weighted by molar-refractivity contribution is 6.35. The quantitative estimate of drug-likeness (QED) is 0.629. The molecule has 0 fully saturated rings. The molecule has 1 aromatic heterocycles. The summed E-state index contributed by atoms with van der Waals surface area (Å²) >= 11 is 11.9. The summed E-state index contributed by atoms with van der Waals surface area (Å²) < 4.78 is 0. The van der Waals surface area contributed by atoms with Crippen molar-refractivity contribution >= 4 is 46.4 Å². The molecule has 0 aliphatic carbocycles. The highest BCUT2D eigenvalue weighted by atomic mass is 35.5. The van der Waals surface area contributed by atoms with Crippen molar-refractivity contribution in [3.05, 3.63) is 75.5 Å². The van der Waals surface area contributed by atoms with Gasteiger partial charge in [0.05, 0.1) is 0 Å². The summed E-state index contributed by atoms with van der Waals surface area (Å²) in [6, 6.07) is 13.8. The molecule has 0 saturated heterocycles. The van der Waals surface area contributed by atoms with E-state index in [9.17, 15) is 4.79 Å². The average Bonchev–Trinajstić information content (AvgIpc) is 2.53. The Hall–Kier alpha value is -2.63. The fourth-order valence-electron chi connectivity index (χ4n) is 2.45. The first-order valence-corrected chi connectivity index (χ1v) is 8.61. The number of anilines is 3. The topological polar surface area (TPSA) is 66.9 Å². The van der Waals surface area contributed by atoms with E-state index < -0.39 is 0 Å². The lowest BCUT2D eigenvalue weighted by Gasteiger charge is -2.09. The van der Waals surface area contributed by atoms with Crippen molar-refractivity contribution in [2.24, 2.45) is 0 Å². The minimum atomic E-state index is -0.252. The van der Waals surface area contributed by atoms with Crippen molar-refractivity contribution in [2.75, 3.05) is 10.6 Å².